The molecule has 2 amide bonds. The number of anilines is 1. The molecule has 1 fully saturated rings. The van der Waals surface area contributed by atoms with Gasteiger partial charge in [-0.2, -0.15) is 0 Å². The summed E-state index contributed by atoms with van der Waals surface area (Å²) in [5.41, 5.74) is 0. The van der Waals surface area contributed by atoms with E-state index in [0.29, 0.717) is 26.1 Å². The van der Waals surface area contributed by atoms with Crippen LogP contribution < -0.4 is 10.2 Å². The number of thioether (sulfide) groups is 1. The van der Waals surface area contributed by atoms with Gasteiger partial charge < -0.3 is 19.5 Å². The fraction of sp³-hybridized carbons (Fsp3) is 0.529. The molecule has 2 aromatic rings. The third-order valence-corrected chi connectivity index (χ3v) is 6.87. The van der Waals surface area contributed by atoms with Gasteiger partial charge in [-0.15, -0.1) is 10.2 Å². The fourth-order valence-corrected chi connectivity index (χ4v) is 4.69. The molecule has 1 saturated heterocycles. The SMILES string of the molecule is O=C(CSc1nnc(N2CCN(C(=O)CCCBr)CC2)s1)NCc1ccco1. The number of nitrogens with zero attached hydrogens (tertiary/aromatic N) is 4. The third kappa shape index (κ3) is 6.21. The summed E-state index contributed by atoms with van der Waals surface area (Å²) in [7, 11) is 0. The van der Waals surface area contributed by atoms with Gasteiger partial charge in [-0.3, -0.25) is 9.59 Å². The van der Waals surface area contributed by atoms with E-state index in [-0.39, 0.29) is 17.6 Å². The van der Waals surface area contributed by atoms with Gasteiger partial charge in [0.05, 0.1) is 18.6 Å². The molecule has 0 atom stereocenters. The van der Waals surface area contributed by atoms with Gasteiger partial charge in [0.2, 0.25) is 16.9 Å². The topological polar surface area (TPSA) is 91.6 Å². The van der Waals surface area contributed by atoms with Crippen molar-refractivity contribution in [3.8, 4) is 0 Å². The maximum absolute atomic E-state index is 12.1. The molecule has 28 heavy (non-hydrogen) atoms. The lowest BCUT2D eigenvalue weighted by Crippen LogP contribution is -2.48. The molecule has 0 radical (unpaired) electrons. The molecule has 152 valence electrons. The second-order valence-corrected chi connectivity index (χ2v) is 9.13. The van der Waals surface area contributed by atoms with Crippen molar-refractivity contribution in [2.24, 2.45) is 0 Å². The molecule has 8 nitrogen and oxygen atoms in total. The average Bonchev–Trinajstić information content (AvgIpc) is 3.41. The molecule has 0 bridgehead atoms. The number of rotatable bonds is 9. The Balaban J connectivity index is 1.39. The molecule has 0 saturated carbocycles. The van der Waals surface area contributed by atoms with Crippen LogP contribution in [0.4, 0.5) is 5.13 Å². The highest BCUT2D eigenvalue weighted by Gasteiger charge is 2.23. The summed E-state index contributed by atoms with van der Waals surface area (Å²) in [6, 6.07) is 3.61. The Morgan fingerprint density at radius 1 is 1.29 bits per heavy atom. The number of aromatic nitrogens is 2. The molecule has 2 aromatic heterocycles. The largest absolute Gasteiger partial charge is 0.467 e. The van der Waals surface area contributed by atoms with Crippen LogP contribution in [0.1, 0.15) is 18.6 Å². The number of hydrogen-bond donors (Lipinski definition) is 1. The first-order valence-electron chi connectivity index (χ1n) is 9.00. The molecule has 3 rings (SSSR count). The molecular formula is C17H22BrN5O3S2. The van der Waals surface area contributed by atoms with E-state index >= 15 is 0 Å². The zero-order chi connectivity index (χ0) is 19.8. The highest BCUT2D eigenvalue weighted by atomic mass is 79.9. The van der Waals surface area contributed by atoms with Crippen molar-refractivity contribution in [2.75, 3.05) is 42.2 Å². The van der Waals surface area contributed by atoms with Gasteiger partial charge >= 0.3 is 0 Å². The Bertz CT molecular complexity index is 763. The molecule has 1 aliphatic rings. The van der Waals surface area contributed by atoms with Gasteiger partial charge in [0.25, 0.3) is 0 Å². The third-order valence-electron chi connectivity index (χ3n) is 4.19. The second kappa shape index (κ2) is 10.8. The van der Waals surface area contributed by atoms with E-state index in [2.05, 4.69) is 36.3 Å². The van der Waals surface area contributed by atoms with Gasteiger partial charge in [0, 0.05) is 37.9 Å². The smallest absolute Gasteiger partial charge is 0.230 e. The van der Waals surface area contributed by atoms with Crippen molar-refractivity contribution in [1.82, 2.24) is 20.4 Å². The van der Waals surface area contributed by atoms with E-state index in [9.17, 15) is 9.59 Å². The van der Waals surface area contributed by atoms with Crippen LogP contribution >= 0.6 is 39.0 Å². The second-order valence-electron chi connectivity index (χ2n) is 6.16. The lowest BCUT2D eigenvalue weighted by molar-refractivity contribution is -0.131. The fourth-order valence-electron chi connectivity index (χ4n) is 2.69. The predicted octanol–water partition coefficient (Wildman–Crippen LogP) is 2.36. The van der Waals surface area contributed by atoms with Gasteiger partial charge in [0.15, 0.2) is 4.34 Å². The molecule has 1 N–H and O–H groups in total. The summed E-state index contributed by atoms with van der Waals surface area (Å²) in [5, 5.41) is 12.9. The van der Waals surface area contributed by atoms with Crippen LogP contribution in [0, 0.1) is 0 Å². The number of carbonyl (C=O) groups is 2. The molecule has 0 aromatic carbocycles. The van der Waals surface area contributed by atoms with E-state index in [0.717, 1.165) is 40.1 Å². The maximum atomic E-state index is 12.1. The molecule has 0 spiro atoms. The number of furan rings is 1. The van der Waals surface area contributed by atoms with Crippen LogP contribution in [-0.2, 0) is 16.1 Å². The lowest BCUT2D eigenvalue weighted by Gasteiger charge is -2.34. The van der Waals surface area contributed by atoms with Crippen molar-refractivity contribution in [3.63, 3.8) is 0 Å². The summed E-state index contributed by atoms with van der Waals surface area (Å²) in [6.45, 7) is 3.30. The van der Waals surface area contributed by atoms with Crippen LogP contribution in [0.15, 0.2) is 27.2 Å². The van der Waals surface area contributed by atoms with Crippen LogP contribution in [-0.4, -0.2) is 64.2 Å². The molecule has 0 unspecified atom stereocenters. The molecule has 3 heterocycles. The minimum atomic E-state index is -0.0752. The first kappa shape index (κ1) is 21.1. The van der Waals surface area contributed by atoms with E-state index in [1.165, 1.54) is 23.1 Å². The zero-order valence-corrected chi connectivity index (χ0v) is 18.5. The van der Waals surface area contributed by atoms with Gasteiger partial charge in [-0.1, -0.05) is 39.0 Å². The Labute approximate surface area is 180 Å². The number of amides is 2. The van der Waals surface area contributed by atoms with Crippen molar-refractivity contribution >= 4 is 56.0 Å². The number of halogens is 1. The lowest BCUT2D eigenvalue weighted by atomic mass is 10.2. The van der Waals surface area contributed by atoms with Crippen molar-refractivity contribution in [3.05, 3.63) is 24.2 Å². The number of alkyl halides is 1. The van der Waals surface area contributed by atoms with Crippen molar-refractivity contribution in [2.45, 2.75) is 23.7 Å². The Kier molecular flexibility index (Phi) is 8.16. The number of nitrogens with one attached hydrogen (secondary N) is 1. The minimum Gasteiger partial charge on any atom is -0.467 e. The monoisotopic (exact) mass is 487 g/mol. The summed E-state index contributed by atoms with van der Waals surface area (Å²) in [5.74, 6) is 1.15. The van der Waals surface area contributed by atoms with Crippen LogP contribution in [0.2, 0.25) is 0 Å². The number of carbonyl (C=O) groups excluding carboxylic acids is 2. The van der Waals surface area contributed by atoms with Crippen LogP contribution in [0.25, 0.3) is 0 Å². The summed E-state index contributed by atoms with van der Waals surface area (Å²) < 4.78 is 5.95. The van der Waals surface area contributed by atoms with E-state index in [1.807, 2.05) is 11.0 Å². The Morgan fingerprint density at radius 2 is 2.11 bits per heavy atom. The standard InChI is InChI=1S/C17H22BrN5O3S2/c18-5-1-4-15(25)22-6-8-23(9-7-22)16-20-21-17(28-16)27-12-14(24)19-11-13-3-2-10-26-13/h2-3,10H,1,4-9,11-12H2,(H,19,24). The van der Waals surface area contributed by atoms with Gasteiger partial charge in [-0.25, -0.2) is 0 Å². The minimum absolute atomic E-state index is 0.0752. The summed E-state index contributed by atoms with van der Waals surface area (Å²) in [6.07, 6.45) is 3.04. The average molecular weight is 488 g/mol. The van der Waals surface area contributed by atoms with Crippen molar-refractivity contribution in [1.29, 1.82) is 0 Å². The first-order valence-corrected chi connectivity index (χ1v) is 11.9. The van der Waals surface area contributed by atoms with E-state index in [1.54, 1.807) is 12.3 Å². The molecule has 1 aliphatic heterocycles. The number of hydrogen-bond acceptors (Lipinski definition) is 8. The highest BCUT2D eigenvalue weighted by molar-refractivity contribution is 9.09. The van der Waals surface area contributed by atoms with E-state index in [4.69, 9.17) is 4.42 Å². The van der Waals surface area contributed by atoms with E-state index < -0.39 is 0 Å². The van der Waals surface area contributed by atoms with Gasteiger partial charge in [0.1, 0.15) is 5.76 Å². The zero-order valence-electron chi connectivity index (χ0n) is 15.3. The number of piperazine rings is 1. The summed E-state index contributed by atoms with van der Waals surface area (Å²) >= 11 is 6.21. The predicted molar refractivity (Wildman–Crippen MR) is 113 cm³/mol. The molecular weight excluding hydrogens is 466 g/mol. The Hall–Kier alpha value is -1.59. The summed E-state index contributed by atoms with van der Waals surface area (Å²) in [4.78, 5) is 28.1. The van der Waals surface area contributed by atoms with Crippen LogP contribution in [0.3, 0.4) is 0 Å². The normalized spacial score (nSPS) is 14.3. The molecule has 0 aliphatic carbocycles. The first-order chi connectivity index (χ1) is 13.7. The van der Waals surface area contributed by atoms with Gasteiger partial charge in [-0.05, 0) is 18.6 Å². The molecule has 11 heteroatoms. The Morgan fingerprint density at radius 3 is 2.82 bits per heavy atom. The quantitative estimate of drug-likeness (QED) is 0.428. The maximum Gasteiger partial charge on any atom is 0.230 e. The highest BCUT2D eigenvalue weighted by Crippen LogP contribution is 2.28. The van der Waals surface area contributed by atoms with Crippen LogP contribution in [0.5, 0.6) is 0 Å². The van der Waals surface area contributed by atoms with Crippen molar-refractivity contribution < 1.29 is 14.0 Å².